The van der Waals surface area contributed by atoms with E-state index in [1.165, 1.54) is 37.1 Å². The van der Waals surface area contributed by atoms with Crippen molar-refractivity contribution in [2.24, 2.45) is 5.73 Å². The molecule has 2 aliphatic heterocycles. The van der Waals surface area contributed by atoms with Crippen LogP contribution < -0.4 is 10.6 Å². The van der Waals surface area contributed by atoms with E-state index in [1.54, 1.807) is 12.1 Å². The van der Waals surface area contributed by atoms with E-state index < -0.39 is 0 Å². The number of halogens is 1. The van der Waals surface area contributed by atoms with Crippen LogP contribution in [0.25, 0.3) is 0 Å². The van der Waals surface area contributed by atoms with Gasteiger partial charge >= 0.3 is 0 Å². The van der Waals surface area contributed by atoms with Crippen LogP contribution in [0.4, 0.5) is 10.1 Å². The predicted octanol–water partition coefficient (Wildman–Crippen LogP) is 4.30. The van der Waals surface area contributed by atoms with E-state index in [0.717, 1.165) is 63.4 Å². The number of nitrogens with zero attached hydrogens (tertiary/aromatic N) is 4. The van der Waals surface area contributed by atoms with Crippen molar-refractivity contribution in [2.45, 2.75) is 51.1 Å². The summed E-state index contributed by atoms with van der Waals surface area (Å²) in [7, 11) is 4.34. The summed E-state index contributed by atoms with van der Waals surface area (Å²) in [6.45, 7) is 11.1. The molecule has 5 nitrogen and oxygen atoms in total. The summed E-state index contributed by atoms with van der Waals surface area (Å²) >= 11 is 0. The van der Waals surface area contributed by atoms with Gasteiger partial charge in [-0.3, -0.25) is 9.80 Å². The molecular weight excluding hydrogens is 449 g/mol. The first kappa shape index (κ1) is 27.1. The van der Waals surface area contributed by atoms with Crippen LogP contribution in [0.3, 0.4) is 0 Å². The highest BCUT2D eigenvalue weighted by atomic mass is 19.1. The molecule has 2 aromatic rings. The first-order valence-corrected chi connectivity index (χ1v) is 13.9. The highest BCUT2D eigenvalue weighted by Gasteiger charge is 2.35. The van der Waals surface area contributed by atoms with Gasteiger partial charge in [-0.15, -0.1) is 0 Å². The van der Waals surface area contributed by atoms with Crippen LogP contribution >= 0.6 is 0 Å². The number of hydrogen-bond donors (Lipinski definition) is 1. The third-order valence-corrected chi connectivity index (χ3v) is 8.25. The molecule has 2 aromatic carbocycles. The maximum atomic E-state index is 14.5. The fourth-order valence-electron chi connectivity index (χ4n) is 5.93. The van der Waals surface area contributed by atoms with Crippen molar-refractivity contribution < 1.29 is 4.39 Å². The van der Waals surface area contributed by atoms with Crippen LogP contribution in [0, 0.1) is 12.7 Å². The van der Waals surface area contributed by atoms with Crippen molar-refractivity contribution >= 4 is 5.69 Å². The van der Waals surface area contributed by atoms with Crippen molar-refractivity contribution in [1.29, 1.82) is 0 Å². The Hall–Kier alpha value is -1.99. The van der Waals surface area contributed by atoms with Gasteiger partial charge in [-0.1, -0.05) is 37.1 Å². The molecule has 2 heterocycles. The van der Waals surface area contributed by atoms with Crippen LogP contribution in [0.1, 0.15) is 48.3 Å². The van der Waals surface area contributed by atoms with Crippen LogP contribution in [0.5, 0.6) is 0 Å². The molecule has 0 saturated carbocycles. The standard InChI is InChI=1S/C30H46FN5/c1-24-9-8-10-29(31)27(24)21-35-22-28(30(23-35)33(2)3)25-11-13-26(14-12-25)36-19-17-34(18-20-36)16-7-5-4-6-15-32/h8-14,28,30H,4-7,15-23,32H2,1-3H3/t28-,30+/m1/s1. The number of likely N-dealkylation sites (tertiary alicyclic amines) is 1. The van der Waals surface area contributed by atoms with E-state index in [4.69, 9.17) is 5.73 Å². The smallest absolute Gasteiger partial charge is 0.127 e. The molecule has 2 N–H and O–H groups in total. The number of anilines is 1. The number of aryl methyl sites for hydroxylation is 1. The number of benzene rings is 2. The van der Waals surface area contributed by atoms with E-state index >= 15 is 0 Å². The van der Waals surface area contributed by atoms with E-state index in [0.29, 0.717) is 18.5 Å². The molecule has 36 heavy (non-hydrogen) atoms. The summed E-state index contributed by atoms with van der Waals surface area (Å²) in [6, 6.07) is 15.1. The molecule has 6 heteroatoms. The third-order valence-electron chi connectivity index (χ3n) is 8.25. The zero-order valence-electron chi connectivity index (χ0n) is 22.6. The van der Waals surface area contributed by atoms with Gasteiger partial charge in [-0.05, 0) is 76.3 Å². The lowest BCUT2D eigenvalue weighted by molar-refractivity contribution is 0.252. The summed E-state index contributed by atoms with van der Waals surface area (Å²) in [4.78, 5) is 9.89. The molecule has 2 saturated heterocycles. The summed E-state index contributed by atoms with van der Waals surface area (Å²) in [6.07, 6.45) is 5.00. The molecule has 0 unspecified atom stereocenters. The minimum Gasteiger partial charge on any atom is -0.369 e. The largest absolute Gasteiger partial charge is 0.369 e. The summed E-state index contributed by atoms with van der Waals surface area (Å²) in [5.41, 5.74) is 10.2. The van der Waals surface area contributed by atoms with E-state index in [1.807, 2.05) is 13.0 Å². The van der Waals surface area contributed by atoms with Gasteiger partial charge in [0, 0.05) is 69.0 Å². The van der Waals surface area contributed by atoms with E-state index in [2.05, 4.69) is 58.0 Å². The van der Waals surface area contributed by atoms with Crippen molar-refractivity contribution in [3.8, 4) is 0 Å². The molecule has 2 fully saturated rings. The Bertz CT molecular complexity index is 919. The highest BCUT2D eigenvalue weighted by Crippen LogP contribution is 2.33. The molecule has 0 aromatic heterocycles. The van der Waals surface area contributed by atoms with Crippen molar-refractivity contribution in [3.05, 3.63) is 65.0 Å². The minimum absolute atomic E-state index is 0.0871. The number of nitrogens with two attached hydrogens (primary N) is 1. The minimum atomic E-state index is -0.0871. The zero-order valence-corrected chi connectivity index (χ0v) is 22.6. The summed E-state index contributed by atoms with van der Waals surface area (Å²) in [5, 5.41) is 0. The van der Waals surface area contributed by atoms with Gasteiger partial charge in [0.2, 0.25) is 0 Å². The Morgan fingerprint density at radius 2 is 1.61 bits per heavy atom. The molecule has 4 rings (SSSR count). The Morgan fingerprint density at radius 3 is 2.28 bits per heavy atom. The maximum Gasteiger partial charge on any atom is 0.127 e. The van der Waals surface area contributed by atoms with E-state index in [9.17, 15) is 4.39 Å². The third kappa shape index (κ3) is 6.86. The fourth-order valence-corrected chi connectivity index (χ4v) is 5.93. The highest BCUT2D eigenvalue weighted by molar-refractivity contribution is 5.49. The molecule has 2 atom stereocenters. The monoisotopic (exact) mass is 495 g/mol. The fraction of sp³-hybridized carbons (Fsp3) is 0.600. The second-order valence-electron chi connectivity index (χ2n) is 11.0. The Balaban J connectivity index is 1.32. The number of piperazine rings is 1. The number of hydrogen-bond acceptors (Lipinski definition) is 5. The van der Waals surface area contributed by atoms with Crippen LogP contribution in [-0.2, 0) is 6.54 Å². The van der Waals surface area contributed by atoms with Gasteiger partial charge in [0.05, 0.1) is 0 Å². The Morgan fingerprint density at radius 1 is 0.889 bits per heavy atom. The molecule has 0 bridgehead atoms. The first-order chi connectivity index (χ1) is 17.5. The number of unbranched alkanes of at least 4 members (excludes halogenated alkanes) is 3. The van der Waals surface area contributed by atoms with Gasteiger partial charge in [-0.2, -0.15) is 0 Å². The quantitative estimate of drug-likeness (QED) is 0.471. The molecule has 0 aliphatic carbocycles. The normalized spacial score (nSPS) is 21.6. The van der Waals surface area contributed by atoms with Gasteiger partial charge < -0.3 is 15.5 Å². The average molecular weight is 496 g/mol. The number of rotatable bonds is 11. The van der Waals surface area contributed by atoms with Crippen molar-refractivity contribution in [1.82, 2.24) is 14.7 Å². The summed E-state index contributed by atoms with van der Waals surface area (Å²) in [5.74, 6) is 0.341. The molecule has 2 aliphatic rings. The SMILES string of the molecule is Cc1cccc(F)c1CN1C[C@H](c2ccc(N3CCN(CCCCCCN)CC3)cc2)[C@@H](N(C)C)C1. The summed E-state index contributed by atoms with van der Waals surface area (Å²) < 4.78 is 14.5. The lowest BCUT2D eigenvalue weighted by Crippen LogP contribution is -2.46. The van der Waals surface area contributed by atoms with Crippen LogP contribution in [0.2, 0.25) is 0 Å². The Labute approximate surface area is 218 Å². The molecule has 0 radical (unpaired) electrons. The van der Waals surface area contributed by atoms with Crippen molar-refractivity contribution in [2.75, 3.05) is 71.4 Å². The van der Waals surface area contributed by atoms with E-state index in [-0.39, 0.29) is 5.82 Å². The maximum absolute atomic E-state index is 14.5. The second kappa shape index (κ2) is 13.0. The van der Waals surface area contributed by atoms with Crippen LogP contribution in [0.15, 0.2) is 42.5 Å². The van der Waals surface area contributed by atoms with Gasteiger partial charge in [0.15, 0.2) is 0 Å². The molecular formula is C30H46FN5. The van der Waals surface area contributed by atoms with Gasteiger partial charge in [-0.25, -0.2) is 4.39 Å². The lowest BCUT2D eigenvalue weighted by Gasteiger charge is -2.36. The van der Waals surface area contributed by atoms with Gasteiger partial charge in [0.1, 0.15) is 5.82 Å². The topological polar surface area (TPSA) is 39.0 Å². The molecule has 0 spiro atoms. The van der Waals surface area contributed by atoms with Crippen molar-refractivity contribution in [3.63, 3.8) is 0 Å². The second-order valence-corrected chi connectivity index (χ2v) is 11.0. The number of likely N-dealkylation sites (N-methyl/N-ethyl adjacent to an activating group) is 1. The predicted molar refractivity (Wildman–Crippen MR) is 149 cm³/mol. The first-order valence-electron chi connectivity index (χ1n) is 13.9. The van der Waals surface area contributed by atoms with Crippen LogP contribution in [-0.4, -0.2) is 87.2 Å². The van der Waals surface area contributed by atoms with Gasteiger partial charge in [0.25, 0.3) is 0 Å². The zero-order chi connectivity index (χ0) is 25.5. The average Bonchev–Trinajstić information content (AvgIpc) is 3.31. The lowest BCUT2D eigenvalue weighted by atomic mass is 9.93. The molecule has 0 amide bonds. The Kier molecular flexibility index (Phi) is 9.77. The molecule has 198 valence electrons.